The molecule has 4 aliphatic rings. The van der Waals surface area contributed by atoms with Crippen LogP contribution in [0.15, 0.2) is 32.3 Å². The molecule has 0 radical (unpaired) electrons. The van der Waals surface area contributed by atoms with Gasteiger partial charge in [-0.25, -0.2) is 0 Å². The summed E-state index contributed by atoms with van der Waals surface area (Å²) in [5.74, 6) is 0.614. The minimum Gasteiger partial charge on any atom is -0.290 e. The highest BCUT2D eigenvalue weighted by Gasteiger charge is 2.37. The summed E-state index contributed by atoms with van der Waals surface area (Å²) in [5.41, 5.74) is 9.37. The summed E-state index contributed by atoms with van der Waals surface area (Å²) in [7, 11) is 0. The molecule has 2 unspecified atom stereocenters. The Morgan fingerprint density at radius 3 is 2.94 bits per heavy atom. The van der Waals surface area contributed by atoms with Crippen LogP contribution in [-0.4, -0.2) is 24.0 Å². The Morgan fingerprint density at radius 2 is 2.06 bits per heavy atom. The van der Waals surface area contributed by atoms with E-state index in [1.807, 2.05) is 0 Å². The molecule has 0 aromatic rings. The van der Waals surface area contributed by atoms with E-state index in [1.165, 1.54) is 43.5 Å². The number of fused-ring (bicyclic) bond motifs is 1. The third-order valence-corrected chi connectivity index (χ3v) is 4.95. The Hall–Kier alpha value is -1.18. The molecule has 2 nitrogen and oxygen atoms in total. The van der Waals surface area contributed by atoms with Crippen LogP contribution in [0, 0.1) is 5.92 Å². The van der Waals surface area contributed by atoms with Gasteiger partial charge >= 0.3 is 0 Å². The van der Waals surface area contributed by atoms with Gasteiger partial charge in [0, 0.05) is 17.3 Å². The zero-order chi connectivity index (χ0) is 12.3. The number of hydrogen-bond acceptors (Lipinski definition) is 2. The first kappa shape index (κ1) is 10.7. The van der Waals surface area contributed by atoms with Crippen LogP contribution >= 0.6 is 0 Å². The SMILES string of the molecule is CC1=NC(C)CC2=C3CCCC4=NCC(=C43)CC12. The van der Waals surface area contributed by atoms with Gasteiger partial charge in [-0.05, 0) is 62.7 Å². The fraction of sp³-hybridized carbons (Fsp3) is 0.625. The lowest BCUT2D eigenvalue weighted by molar-refractivity contribution is 0.591. The lowest BCUT2D eigenvalue weighted by Crippen LogP contribution is -2.30. The average Bonchev–Trinajstić information content (AvgIpc) is 2.76. The van der Waals surface area contributed by atoms with Gasteiger partial charge < -0.3 is 0 Å². The monoisotopic (exact) mass is 240 g/mol. The summed E-state index contributed by atoms with van der Waals surface area (Å²) in [6.45, 7) is 5.45. The molecule has 2 heteroatoms. The van der Waals surface area contributed by atoms with Gasteiger partial charge in [-0.3, -0.25) is 9.98 Å². The molecule has 1 fully saturated rings. The highest BCUT2D eigenvalue weighted by Crippen LogP contribution is 2.46. The van der Waals surface area contributed by atoms with Gasteiger partial charge in [-0.2, -0.15) is 0 Å². The Bertz CT molecular complexity index is 545. The molecule has 2 heterocycles. The summed E-state index contributed by atoms with van der Waals surface area (Å²) in [6, 6.07) is 0.481. The van der Waals surface area contributed by atoms with Gasteiger partial charge in [-0.15, -0.1) is 0 Å². The highest BCUT2D eigenvalue weighted by atomic mass is 14.8. The Balaban J connectivity index is 1.87. The summed E-state index contributed by atoms with van der Waals surface area (Å²) in [6.07, 6.45) is 6.17. The van der Waals surface area contributed by atoms with E-state index in [0.29, 0.717) is 12.0 Å². The van der Waals surface area contributed by atoms with Crippen molar-refractivity contribution in [1.29, 1.82) is 0 Å². The largest absolute Gasteiger partial charge is 0.290 e. The highest BCUT2D eigenvalue weighted by molar-refractivity contribution is 6.08. The first-order valence-electron chi connectivity index (χ1n) is 7.26. The van der Waals surface area contributed by atoms with E-state index in [2.05, 4.69) is 13.8 Å². The number of rotatable bonds is 0. The van der Waals surface area contributed by atoms with Crippen molar-refractivity contribution in [3.8, 4) is 0 Å². The first-order valence-corrected chi connectivity index (χ1v) is 7.26. The van der Waals surface area contributed by atoms with Gasteiger partial charge in [0.1, 0.15) is 0 Å². The van der Waals surface area contributed by atoms with Crippen LogP contribution in [0.4, 0.5) is 0 Å². The van der Waals surface area contributed by atoms with Crippen molar-refractivity contribution in [2.75, 3.05) is 6.54 Å². The van der Waals surface area contributed by atoms with Crippen LogP contribution in [-0.2, 0) is 0 Å². The minimum atomic E-state index is 0.481. The van der Waals surface area contributed by atoms with E-state index >= 15 is 0 Å². The average molecular weight is 240 g/mol. The molecule has 0 saturated heterocycles. The van der Waals surface area contributed by atoms with Crippen molar-refractivity contribution in [1.82, 2.24) is 0 Å². The molecule has 18 heavy (non-hydrogen) atoms. The van der Waals surface area contributed by atoms with Crippen LogP contribution in [0.25, 0.3) is 0 Å². The third-order valence-electron chi connectivity index (χ3n) is 4.95. The lowest BCUT2D eigenvalue weighted by Gasteiger charge is -2.36. The second kappa shape index (κ2) is 3.66. The fourth-order valence-corrected chi connectivity index (χ4v) is 4.24. The topological polar surface area (TPSA) is 24.7 Å². The zero-order valence-electron chi connectivity index (χ0n) is 11.3. The van der Waals surface area contributed by atoms with Crippen molar-refractivity contribution in [2.45, 2.75) is 52.0 Å². The van der Waals surface area contributed by atoms with E-state index < -0.39 is 0 Å². The van der Waals surface area contributed by atoms with Crippen LogP contribution < -0.4 is 0 Å². The van der Waals surface area contributed by atoms with Gasteiger partial charge in [-0.1, -0.05) is 5.57 Å². The molecule has 2 aliphatic heterocycles. The Morgan fingerprint density at radius 1 is 1.17 bits per heavy atom. The lowest BCUT2D eigenvalue weighted by atomic mass is 9.70. The van der Waals surface area contributed by atoms with Crippen LogP contribution in [0.2, 0.25) is 0 Å². The van der Waals surface area contributed by atoms with Crippen LogP contribution in [0.5, 0.6) is 0 Å². The predicted octanol–water partition coefficient (Wildman–Crippen LogP) is 3.49. The fourth-order valence-electron chi connectivity index (χ4n) is 4.24. The summed E-state index contributed by atoms with van der Waals surface area (Å²) < 4.78 is 0. The maximum atomic E-state index is 4.81. The second-order valence-electron chi connectivity index (χ2n) is 6.18. The normalized spacial score (nSPS) is 34.1. The van der Waals surface area contributed by atoms with Gasteiger partial charge in [0.2, 0.25) is 0 Å². The van der Waals surface area contributed by atoms with E-state index in [0.717, 1.165) is 6.54 Å². The van der Waals surface area contributed by atoms with Gasteiger partial charge in [0.15, 0.2) is 0 Å². The molecular weight excluding hydrogens is 220 g/mol. The predicted molar refractivity (Wildman–Crippen MR) is 75.5 cm³/mol. The Kier molecular flexibility index (Phi) is 2.18. The summed E-state index contributed by atoms with van der Waals surface area (Å²) in [4.78, 5) is 9.58. The number of allylic oxidation sites excluding steroid dienone is 2. The standard InChI is InChI=1S/C16H20N2/c1-9-6-14-12-4-3-5-15-16(12)11(8-17-15)7-13(14)10(2)18-9/h9,13H,3-8H2,1-2H3. The molecule has 1 saturated carbocycles. The Labute approximate surface area is 109 Å². The maximum absolute atomic E-state index is 4.81. The molecule has 0 aromatic carbocycles. The quantitative estimate of drug-likeness (QED) is 0.619. The smallest absolute Gasteiger partial charge is 0.0613 e. The maximum Gasteiger partial charge on any atom is 0.0613 e. The van der Waals surface area contributed by atoms with Crippen LogP contribution in [0.1, 0.15) is 46.0 Å². The molecule has 2 atom stereocenters. The number of aliphatic imine (C=N–C) groups is 2. The molecule has 0 aromatic heterocycles. The second-order valence-corrected chi connectivity index (χ2v) is 6.18. The molecule has 0 amide bonds. The van der Waals surface area contributed by atoms with Crippen molar-refractivity contribution in [3.63, 3.8) is 0 Å². The number of hydrogen-bond donors (Lipinski definition) is 0. The first-order chi connectivity index (χ1) is 8.74. The van der Waals surface area contributed by atoms with E-state index in [9.17, 15) is 0 Å². The zero-order valence-corrected chi connectivity index (χ0v) is 11.3. The molecule has 0 spiro atoms. The van der Waals surface area contributed by atoms with Crippen molar-refractivity contribution < 1.29 is 0 Å². The van der Waals surface area contributed by atoms with Crippen molar-refractivity contribution >= 4 is 11.4 Å². The van der Waals surface area contributed by atoms with Crippen molar-refractivity contribution in [3.05, 3.63) is 22.3 Å². The minimum absolute atomic E-state index is 0.481. The molecule has 4 rings (SSSR count). The summed E-state index contributed by atoms with van der Waals surface area (Å²) in [5, 5.41) is 0. The van der Waals surface area contributed by atoms with Crippen molar-refractivity contribution in [2.24, 2.45) is 15.9 Å². The van der Waals surface area contributed by atoms with Gasteiger partial charge in [0.25, 0.3) is 0 Å². The summed E-state index contributed by atoms with van der Waals surface area (Å²) >= 11 is 0. The van der Waals surface area contributed by atoms with E-state index in [1.54, 1.807) is 22.3 Å². The third kappa shape index (κ3) is 1.35. The van der Waals surface area contributed by atoms with E-state index in [-0.39, 0.29) is 0 Å². The molecule has 0 bridgehead atoms. The molecule has 2 aliphatic carbocycles. The van der Waals surface area contributed by atoms with Gasteiger partial charge in [0.05, 0.1) is 12.6 Å². The van der Waals surface area contributed by atoms with E-state index in [4.69, 9.17) is 9.98 Å². The molecule has 94 valence electrons. The van der Waals surface area contributed by atoms with Crippen LogP contribution in [0.3, 0.4) is 0 Å². The molecular formula is C16H20N2. The number of nitrogens with zero attached hydrogens (tertiary/aromatic N) is 2. The molecule has 0 N–H and O–H groups in total.